The van der Waals surface area contributed by atoms with Gasteiger partial charge in [0.05, 0.1) is 0 Å². The van der Waals surface area contributed by atoms with Crippen molar-refractivity contribution >= 4 is 21.8 Å². The van der Waals surface area contributed by atoms with Crippen LogP contribution < -0.4 is 4.74 Å². The molecule has 0 spiro atoms. The van der Waals surface area contributed by atoms with Crippen molar-refractivity contribution in [3.63, 3.8) is 0 Å². The maximum Gasteiger partial charge on any atom is 0.225 e. The van der Waals surface area contributed by atoms with E-state index in [4.69, 9.17) is 4.74 Å². The Morgan fingerprint density at radius 3 is 2.65 bits per heavy atom. The minimum atomic E-state index is 0.227. The monoisotopic (exact) mass is 337 g/mol. The van der Waals surface area contributed by atoms with Crippen LogP contribution in [0.15, 0.2) is 28.7 Å². The van der Waals surface area contributed by atoms with Gasteiger partial charge < -0.3 is 9.64 Å². The van der Waals surface area contributed by atoms with Crippen LogP contribution in [-0.2, 0) is 4.79 Å². The van der Waals surface area contributed by atoms with Gasteiger partial charge in [0.2, 0.25) is 5.91 Å². The molecule has 108 valence electrons. The van der Waals surface area contributed by atoms with Crippen LogP contribution in [0.25, 0.3) is 0 Å². The summed E-state index contributed by atoms with van der Waals surface area (Å²) < 4.78 is 7.03. The summed E-state index contributed by atoms with van der Waals surface area (Å²) in [5.41, 5.74) is 0. The van der Waals surface area contributed by atoms with E-state index >= 15 is 0 Å². The van der Waals surface area contributed by atoms with E-state index < -0.39 is 0 Å². The Bertz CT molecular complexity index is 497. The fourth-order valence-electron chi connectivity index (χ4n) is 2.83. The summed E-state index contributed by atoms with van der Waals surface area (Å²) >= 11 is 3.45. The Kier molecular flexibility index (Phi) is 4.01. The fraction of sp³-hybridized carbons (Fsp3) is 0.562. The molecule has 0 unspecified atom stereocenters. The first-order chi connectivity index (χ1) is 9.63. The van der Waals surface area contributed by atoms with Crippen LogP contribution in [0.2, 0.25) is 0 Å². The zero-order valence-electron chi connectivity index (χ0n) is 11.7. The van der Waals surface area contributed by atoms with Crippen molar-refractivity contribution in [3.8, 4) is 5.75 Å². The van der Waals surface area contributed by atoms with E-state index in [1.54, 1.807) is 0 Å². The van der Waals surface area contributed by atoms with Gasteiger partial charge in [0.1, 0.15) is 11.9 Å². The molecule has 4 heteroatoms. The van der Waals surface area contributed by atoms with E-state index in [1.165, 1.54) is 0 Å². The summed E-state index contributed by atoms with van der Waals surface area (Å²) in [6.45, 7) is 3.83. The predicted molar refractivity (Wildman–Crippen MR) is 81.6 cm³/mol. The van der Waals surface area contributed by atoms with Crippen molar-refractivity contribution in [2.24, 2.45) is 11.8 Å². The van der Waals surface area contributed by atoms with Gasteiger partial charge in [-0.3, -0.25) is 4.79 Å². The molecule has 1 saturated carbocycles. The van der Waals surface area contributed by atoms with Crippen molar-refractivity contribution in [2.75, 3.05) is 13.1 Å². The average molecular weight is 338 g/mol. The molecule has 1 aromatic rings. The molecule has 1 saturated heterocycles. The maximum atomic E-state index is 12.2. The summed E-state index contributed by atoms with van der Waals surface area (Å²) in [6, 6.07) is 7.94. The summed E-state index contributed by atoms with van der Waals surface area (Å²) in [5, 5.41) is 0. The molecular weight excluding hydrogens is 318 g/mol. The second kappa shape index (κ2) is 5.76. The largest absolute Gasteiger partial charge is 0.490 e. The molecule has 2 atom stereocenters. The van der Waals surface area contributed by atoms with Crippen LogP contribution in [0.3, 0.4) is 0 Å². The molecule has 20 heavy (non-hydrogen) atoms. The van der Waals surface area contributed by atoms with Crippen molar-refractivity contribution in [1.82, 2.24) is 4.90 Å². The van der Waals surface area contributed by atoms with Crippen LogP contribution >= 0.6 is 15.9 Å². The molecular formula is C16H20BrNO2. The number of ether oxygens (including phenoxy) is 1. The number of carbonyl (C=O) groups is 1. The molecule has 1 amide bonds. The van der Waals surface area contributed by atoms with Crippen LogP contribution in [0, 0.1) is 11.8 Å². The lowest BCUT2D eigenvalue weighted by Gasteiger charge is -2.32. The van der Waals surface area contributed by atoms with Gasteiger partial charge in [-0.1, -0.05) is 28.9 Å². The Labute approximate surface area is 128 Å². The van der Waals surface area contributed by atoms with Gasteiger partial charge in [-0.25, -0.2) is 0 Å². The summed E-state index contributed by atoms with van der Waals surface area (Å²) in [6.07, 6.45) is 3.16. The number of halogens is 1. The number of likely N-dealkylation sites (tertiary alicyclic amines) is 1. The minimum absolute atomic E-state index is 0.227. The Balaban J connectivity index is 1.50. The fourth-order valence-corrected chi connectivity index (χ4v) is 3.21. The molecule has 1 heterocycles. The topological polar surface area (TPSA) is 29.5 Å². The molecule has 3 rings (SSSR count). The predicted octanol–water partition coefficient (Wildman–Crippen LogP) is 3.47. The van der Waals surface area contributed by atoms with Crippen molar-refractivity contribution in [2.45, 2.75) is 32.3 Å². The first-order valence-electron chi connectivity index (χ1n) is 7.34. The highest BCUT2D eigenvalue weighted by molar-refractivity contribution is 9.10. The Morgan fingerprint density at radius 1 is 1.35 bits per heavy atom. The molecule has 1 aliphatic carbocycles. The molecule has 3 nitrogen and oxygen atoms in total. The van der Waals surface area contributed by atoms with Gasteiger partial charge in [-0.05, 0) is 30.5 Å². The highest BCUT2D eigenvalue weighted by Gasteiger charge is 2.42. The highest BCUT2D eigenvalue weighted by Crippen LogP contribution is 2.39. The molecule has 0 N–H and O–H groups in total. The molecule has 1 aromatic carbocycles. The number of hydrogen-bond acceptors (Lipinski definition) is 2. The third kappa shape index (κ3) is 3.17. The van der Waals surface area contributed by atoms with E-state index in [-0.39, 0.29) is 6.10 Å². The van der Waals surface area contributed by atoms with E-state index in [2.05, 4.69) is 22.9 Å². The van der Waals surface area contributed by atoms with Crippen LogP contribution in [-0.4, -0.2) is 30.0 Å². The second-order valence-electron chi connectivity index (χ2n) is 5.92. The molecule has 2 fully saturated rings. The molecule has 0 bridgehead atoms. The zero-order valence-corrected chi connectivity index (χ0v) is 13.3. The first-order valence-corrected chi connectivity index (χ1v) is 8.14. The van der Waals surface area contributed by atoms with Crippen molar-refractivity contribution in [3.05, 3.63) is 28.7 Å². The van der Waals surface area contributed by atoms with Gasteiger partial charge in [0.15, 0.2) is 0 Å². The normalized spacial score (nSPS) is 26.4. The number of hydrogen-bond donors (Lipinski definition) is 0. The first kappa shape index (κ1) is 13.9. The van der Waals surface area contributed by atoms with Crippen LogP contribution in [0.4, 0.5) is 0 Å². The molecule has 0 radical (unpaired) electrons. The lowest BCUT2D eigenvalue weighted by molar-refractivity contribution is -0.134. The Hall–Kier alpha value is -1.03. The quantitative estimate of drug-likeness (QED) is 0.845. The molecule has 0 aromatic heterocycles. The minimum Gasteiger partial charge on any atom is -0.490 e. The Morgan fingerprint density at radius 2 is 2.05 bits per heavy atom. The summed E-state index contributed by atoms with van der Waals surface area (Å²) in [7, 11) is 0. The lowest BCUT2D eigenvalue weighted by atomic mass is 10.1. The second-order valence-corrected chi connectivity index (χ2v) is 6.84. The third-order valence-corrected chi connectivity index (χ3v) is 4.77. The summed E-state index contributed by atoms with van der Waals surface area (Å²) in [5.74, 6) is 2.16. The van der Waals surface area contributed by atoms with Crippen LogP contribution in [0.5, 0.6) is 5.75 Å². The van der Waals surface area contributed by atoms with Gasteiger partial charge in [-0.2, -0.15) is 0 Å². The number of benzene rings is 1. The van der Waals surface area contributed by atoms with E-state index in [9.17, 15) is 4.79 Å². The zero-order chi connectivity index (χ0) is 14.1. The van der Waals surface area contributed by atoms with Crippen molar-refractivity contribution < 1.29 is 9.53 Å². The van der Waals surface area contributed by atoms with Crippen molar-refractivity contribution in [1.29, 1.82) is 0 Å². The standard InChI is InChI=1S/C16H20BrNO2/c1-11-9-15(11)16(19)18-7-5-13(6-8-18)20-14-4-2-3-12(17)10-14/h2-4,10-11,13,15H,5-9H2,1H3/t11-,15-/m0/s1. The maximum absolute atomic E-state index is 12.2. The van der Waals surface area contributed by atoms with Gasteiger partial charge >= 0.3 is 0 Å². The number of nitrogens with zero attached hydrogens (tertiary/aromatic N) is 1. The van der Waals surface area contributed by atoms with E-state index in [0.717, 1.165) is 42.6 Å². The number of amides is 1. The number of carbonyl (C=O) groups excluding carboxylic acids is 1. The summed E-state index contributed by atoms with van der Waals surface area (Å²) in [4.78, 5) is 14.2. The van der Waals surface area contributed by atoms with E-state index in [1.807, 2.05) is 29.2 Å². The van der Waals surface area contributed by atoms with Gasteiger partial charge in [-0.15, -0.1) is 0 Å². The van der Waals surface area contributed by atoms with E-state index in [0.29, 0.717) is 17.7 Å². The smallest absolute Gasteiger partial charge is 0.225 e. The highest BCUT2D eigenvalue weighted by atomic mass is 79.9. The molecule has 1 aliphatic heterocycles. The van der Waals surface area contributed by atoms with Crippen LogP contribution in [0.1, 0.15) is 26.2 Å². The number of rotatable bonds is 3. The van der Waals surface area contributed by atoms with Gasteiger partial charge in [0, 0.05) is 36.3 Å². The number of piperidine rings is 1. The SMILES string of the molecule is C[C@H]1C[C@@H]1C(=O)N1CCC(Oc2cccc(Br)c2)CC1. The molecule has 2 aliphatic rings. The third-order valence-electron chi connectivity index (χ3n) is 4.28. The average Bonchev–Trinajstić information content (AvgIpc) is 3.16. The van der Waals surface area contributed by atoms with Gasteiger partial charge in [0.25, 0.3) is 0 Å². The lowest BCUT2D eigenvalue weighted by Crippen LogP contribution is -2.42.